The van der Waals surface area contributed by atoms with Crippen LogP contribution in [0.25, 0.3) is 0 Å². The first kappa shape index (κ1) is 22.4. The van der Waals surface area contributed by atoms with Gasteiger partial charge in [0.05, 0.1) is 16.3 Å². The average molecular weight is 461 g/mol. The van der Waals surface area contributed by atoms with Crippen molar-refractivity contribution in [3.63, 3.8) is 0 Å². The van der Waals surface area contributed by atoms with Crippen LogP contribution < -0.4 is 10.2 Å². The number of amides is 1. The molecule has 33 heavy (non-hydrogen) atoms. The van der Waals surface area contributed by atoms with Gasteiger partial charge >= 0.3 is 0 Å². The van der Waals surface area contributed by atoms with E-state index in [4.69, 9.17) is 4.42 Å². The third-order valence-electron chi connectivity index (χ3n) is 5.15. The molecule has 0 saturated heterocycles. The van der Waals surface area contributed by atoms with E-state index in [9.17, 15) is 13.2 Å². The molecule has 0 atom stereocenters. The molecule has 3 aromatic carbocycles. The van der Waals surface area contributed by atoms with Crippen LogP contribution in [0.2, 0.25) is 0 Å². The van der Waals surface area contributed by atoms with Crippen molar-refractivity contribution in [2.45, 2.75) is 17.2 Å². The third kappa shape index (κ3) is 5.51. The summed E-state index contributed by atoms with van der Waals surface area (Å²) < 4.78 is 30.7. The Bertz CT molecular complexity index is 1330. The van der Waals surface area contributed by atoms with E-state index in [1.165, 1.54) is 24.3 Å². The minimum Gasteiger partial charge on any atom is -0.455 e. The van der Waals surface area contributed by atoms with Crippen molar-refractivity contribution in [1.29, 1.82) is 0 Å². The second kappa shape index (κ2) is 9.75. The molecule has 1 heterocycles. The number of carbonyl (C=O) groups is 1. The fourth-order valence-corrected chi connectivity index (χ4v) is 4.78. The van der Waals surface area contributed by atoms with Gasteiger partial charge in [0, 0.05) is 13.6 Å². The zero-order valence-corrected chi connectivity index (χ0v) is 19.0. The highest BCUT2D eigenvalue weighted by atomic mass is 32.2. The number of furan rings is 1. The largest absolute Gasteiger partial charge is 0.455 e. The molecule has 6 nitrogen and oxygen atoms in total. The van der Waals surface area contributed by atoms with Gasteiger partial charge in [-0.15, -0.1) is 0 Å². The van der Waals surface area contributed by atoms with Gasteiger partial charge in [-0.2, -0.15) is 0 Å². The van der Waals surface area contributed by atoms with E-state index in [-0.39, 0.29) is 22.2 Å². The molecule has 7 heteroatoms. The summed E-state index contributed by atoms with van der Waals surface area (Å²) in [5.41, 5.74) is 2.64. The van der Waals surface area contributed by atoms with Gasteiger partial charge in [-0.3, -0.25) is 4.79 Å². The number of nitrogens with zero attached hydrogens (tertiary/aromatic N) is 1. The number of nitrogens with one attached hydrogen (secondary N) is 1. The van der Waals surface area contributed by atoms with E-state index >= 15 is 0 Å². The van der Waals surface area contributed by atoms with Crippen molar-refractivity contribution in [2.24, 2.45) is 0 Å². The Labute approximate surface area is 193 Å². The van der Waals surface area contributed by atoms with E-state index < -0.39 is 15.7 Å². The summed E-state index contributed by atoms with van der Waals surface area (Å²) in [6, 6.07) is 28.7. The first-order chi connectivity index (χ1) is 15.9. The Hall–Kier alpha value is -3.84. The average Bonchev–Trinajstić information content (AvgIpc) is 3.28. The fourth-order valence-electron chi connectivity index (χ4n) is 3.51. The van der Waals surface area contributed by atoms with Crippen LogP contribution in [0.4, 0.5) is 11.4 Å². The summed E-state index contributed by atoms with van der Waals surface area (Å²) in [6.45, 7) is 0.677. The molecule has 0 spiro atoms. The molecule has 0 saturated carbocycles. The minimum atomic E-state index is -3.56. The highest BCUT2D eigenvalue weighted by Gasteiger charge is 2.20. The van der Waals surface area contributed by atoms with Gasteiger partial charge in [0.1, 0.15) is 11.5 Å². The number of hydrogen-bond donors (Lipinski definition) is 1. The number of anilines is 2. The van der Waals surface area contributed by atoms with Gasteiger partial charge in [-0.1, -0.05) is 60.7 Å². The molecule has 0 fully saturated rings. The van der Waals surface area contributed by atoms with E-state index in [2.05, 4.69) is 5.32 Å². The molecule has 0 aliphatic carbocycles. The molecule has 168 valence electrons. The normalized spacial score (nSPS) is 11.2. The monoisotopic (exact) mass is 460 g/mol. The van der Waals surface area contributed by atoms with Crippen LogP contribution in [-0.4, -0.2) is 21.4 Å². The Morgan fingerprint density at radius 2 is 1.48 bits per heavy atom. The lowest BCUT2D eigenvalue weighted by Gasteiger charge is -2.22. The number of hydrogen-bond acceptors (Lipinski definition) is 5. The maximum absolute atomic E-state index is 12.8. The Morgan fingerprint density at radius 1 is 0.848 bits per heavy atom. The van der Waals surface area contributed by atoms with Crippen molar-refractivity contribution in [3.8, 4) is 0 Å². The van der Waals surface area contributed by atoms with Crippen LogP contribution in [0.5, 0.6) is 0 Å². The quantitative estimate of drug-likeness (QED) is 0.394. The standard InChI is InChI=1S/C26H24N2O4S/c1-28(18-20-10-4-2-5-11-20)24-15-9-8-14-23(24)27-26(29)25-17-16-21(32-25)19-33(30,31)22-12-6-3-7-13-22/h2-17H,18-19H2,1H3,(H,27,29). The van der Waals surface area contributed by atoms with Crippen LogP contribution in [0.1, 0.15) is 21.9 Å². The van der Waals surface area contributed by atoms with Crippen molar-refractivity contribution in [2.75, 3.05) is 17.3 Å². The van der Waals surface area contributed by atoms with Crippen LogP contribution >= 0.6 is 0 Å². The van der Waals surface area contributed by atoms with Gasteiger partial charge < -0.3 is 14.6 Å². The molecule has 4 aromatic rings. The lowest BCUT2D eigenvalue weighted by molar-refractivity contribution is 0.0995. The van der Waals surface area contributed by atoms with Crippen LogP contribution in [0.15, 0.2) is 106 Å². The van der Waals surface area contributed by atoms with Crippen molar-refractivity contribution in [3.05, 3.63) is 114 Å². The molecular formula is C26H24N2O4S. The Balaban J connectivity index is 1.47. The smallest absolute Gasteiger partial charge is 0.291 e. The lowest BCUT2D eigenvalue weighted by Crippen LogP contribution is -2.20. The molecule has 1 amide bonds. The first-order valence-electron chi connectivity index (χ1n) is 10.4. The number of para-hydroxylation sites is 2. The van der Waals surface area contributed by atoms with Gasteiger partial charge in [0.15, 0.2) is 15.6 Å². The van der Waals surface area contributed by atoms with Crippen LogP contribution in [-0.2, 0) is 22.1 Å². The first-order valence-corrected chi connectivity index (χ1v) is 12.1. The highest BCUT2D eigenvalue weighted by molar-refractivity contribution is 7.90. The third-order valence-corrected chi connectivity index (χ3v) is 6.80. The van der Waals surface area contributed by atoms with E-state index in [1.54, 1.807) is 18.2 Å². The Kier molecular flexibility index (Phi) is 6.60. The maximum Gasteiger partial charge on any atom is 0.291 e. The van der Waals surface area contributed by atoms with E-state index in [0.717, 1.165) is 11.3 Å². The molecular weight excluding hydrogens is 436 g/mol. The van der Waals surface area contributed by atoms with Crippen molar-refractivity contribution < 1.29 is 17.6 Å². The molecule has 0 bridgehead atoms. The summed E-state index contributed by atoms with van der Waals surface area (Å²) in [5, 5.41) is 2.88. The molecule has 1 aromatic heterocycles. The van der Waals surface area contributed by atoms with Gasteiger partial charge in [0.25, 0.3) is 5.91 Å². The van der Waals surface area contributed by atoms with E-state index in [0.29, 0.717) is 12.2 Å². The highest BCUT2D eigenvalue weighted by Crippen LogP contribution is 2.27. The number of rotatable bonds is 8. The molecule has 4 rings (SSSR count). The molecule has 1 N–H and O–H groups in total. The number of benzene rings is 3. The topological polar surface area (TPSA) is 79.6 Å². The predicted molar refractivity (Wildman–Crippen MR) is 129 cm³/mol. The fraction of sp³-hybridized carbons (Fsp3) is 0.115. The number of sulfone groups is 1. The molecule has 0 radical (unpaired) electrons. The maximum atomic E-state index is 12.8. The Morgan fingerprint density at radius 3 is 2.21 bits per heavy atom. The summed E-state index contributed by atoms with van der Waals surface area (Å²) >= 11 is 0. The van der Waals surface area contributed by atoms with Gasteiger partial charge in [-0.05, 0) is 42.0 Å². The van der Waals surface area contributed by atoms with Crippen LogP contribution in [0, 0.1) is 0 Å². The summed E-state index contributed by atoms with van der Waals surface area (Å²) in [7, 11) is -1.61. The summed E-state index contributed by atoms with van der Waals surface area (Å²) in [6.07, 6.45) is 0. The second-order valence-corrected chi connectivity index (χ2v) is 9.64. The molecule has 0 unspecified atom stereocenters. The van der Waals surface area contributed by atoms with Crippen molar-refractivity contribution in [1.82, 2.24) is 0 Å². The molecule has 0 aliphatic heterocycles. The van der Waals surface area contributed by atoms with Gasteiger partial charge in [0.2, 0.25) is 0 Å². The minimum absolute atomic E-state index is 0.0498. The molecule has 0 aliphatic rings. The van der Waals surface area contributed by atoms with Crippen LogP contribution in [0.3, 0.4) is 0 Å². The second-order valence-electron chi connectivity index (χ2n) is 7.65. The lowest BCUT2D eigenvalue weighted by atomic mass is 10.2. The zero-order chi connectivity index (χ0) is 23.3. The summed E-state index contributed by atoms with van der Waals surface area (Å²) in [4.78, 5) is 15.1. The van der Waals surface area contributed by atoms with E-state index in [1.807, 2.05) is 66.5 Å². The van der Waals surface area contributed by atoms with Gasteiger partial charge in [-0.25, -0.2) is 8.42 Å². The zero-order valence-electron chi connectivity index (χ0n) is 18.1. The number of carbonyl (C=O) groups excluding carboxylic acids is 1. The SMILES string of the molecule is CN(Cc1ccccc1)c1ccccc1NC(=O)c1ccc(CS(=O)(=O)c2ccccc2)o1. The van der Waals surface area contributed by atoms with Crippen molar-refractivity contribution >= 4 is 27.1 Å². The summed E-state index contributed by atoms with van der Waals surface area (Å²) in [5.74, 6) is -0.507. The predicted octanol–water partition coefficient (Wildman–Crippen LogP) is 5.14.